The van der Waals surface area contributed by atoms with Crippen molar-refractivity contribution in [1.29, 1.82) is 0 Å². The molecule has 0 unspecified atom stereocenters. The van der Waals surface area contributed by atoms with Crippen molar-refractivity contribution >= 4 is 29.9 Å². The van der Waals surface area contributed by atoms with Crippen LogP contribution in [0.5, 0.6) is 0 Å². The summed E-state index contributed by atoms with van der Waals surface area (Å²) in [6.45, 7) is 1.44. The molecule has 6 heteroatoms. The topological polar surface area (TPSA) is 49.6 Å². The molecule has 0 bridgehead atoms. The van der Waals surface area contributed by atoms with Gasteiger partial charge in [0, 0.05) is 26.6 Å². The van der Waals surface area contributed by atoms with Gasteiger partial charge in [-0.05, 0) is 36.2 Å². The molecule has 2 rings (SSSR count). The van der Waals surface area contributed by atoms with E-state index >= 15 is 0 Å². The standard InChI is InChI=1S/C16H20FN3O.HI/c1-18-16(20-10-8-15-6-3-11-21-15)19-9-7-13-4-2-5-14(17)12-13;/h2-6,11-12H,7-10H2,1H3,(H2,18,19,20);1H. The largest absolute Gasteiger partial charge is 0.469 e. The summed E-state index contributed by atoms with van der Waals surface area (Å²) in [7, 11) is 1.73. The van der Waals surface area contributed by atoms with E-state index in [9.17, 15) is 4.39 Å². The Morgan fingerprint density at radius 3 is 2.55 bits per heavy atom. The number of aliphatic imine (C=N–C) groups is 1. The van der Waals surface area contributed by atoms with E-state index in [2.05, 4.69) is 15.6 Å². The molecule has 1 aromatic heterocycles. The Morgan fingerprint density at radius 2 is 1.91 bits per heavy atom. The molecular weight excluding hydrogens is 396 g/mol. The zero-order valence-electron chi connectivity index (χ0n) is 12.5. The number of rotatable bonds is 6. The second kappa shape index (κ2) is 10.2. The van der Waals surface area contributed by atoms with Crippen molar-refractivity contribution in [2.45, 2.75) is 12.8 Å². The highest BCUT2D eigenvalue weighted by molar-refractivity contribution is 14.0. The summed E-state index contributed by atoms with van der Waals surface area (Å²) < 4.78 is 18.3. The lowest BCUT2D eigenvalue weighted by Gasteiger charge is -2.11. The van der Waals surface area contributed by atoms with Crippen LogP contribution in [0.3, 0.4) is 0 Å². The van der Waals surface area contributed by atoms with Crippen LogP contribution in [0, 0.1) is 5.82 Å². The van der Waals surface area contributed by atoms with E-state index in [1.54, 1.807) is 25.4 Å². The third kappa shape index (κ3) is 6.46. The Hall–Kier alpha value is -1.57. The van der Waals surface area contributed by atoms with Crippen molar-refractivity contribution < 1.29 is 8.81 Å². The fraction of sp³-hybridized carbons (Fsp3) is 0.312. The van der Waals surface area contributed by atoms with Crippen molar-refractivity contribution in [2.24, 2.45) is 4.99 Å². The number of guanidine groups is 1. The van der Waals surface area contributed by atoms with Gasteiger partial charge in [0.05, 0.1) is 6.26 Å². The molecule has 1 aromatic carbocycles. The minimum Gasteiger partial charge on any atom is -0.469 e. The van der Waals surface area contributed by atoms with Crippen molar-refractivity contribution in [1.82, 2.24) is 10.6 Å². The van der Waals surface area contributed by atoms with Crippen molar-refractivity contribution in [3.8, 4) is 0 Å². The maximum atomic E-state index is 13.1. The third-order valence-corrected chi connectivity index (χ3v) is 3.06. The summed E-state index contributed by atoms with van der Waals surface area (Å²) in [6.07, 6.45) is 3.22. The summed E-state index contributed by atoms with van der Waals surface area (Å²) in [5.74, 6) is 1.48. The van der Waals surface area contributed by atoms with Crippen LogP contribution in [0.15, 0.2) is 52.1 Å². The lowest BCUT2D eigenvalue weighted by atomic mass is 10.1. The van der Waals surface area contributed by atoms with Crippen LogP contribution in [0.4, 0.5) is 4.39 Å². The molecule has 4 nitrogen and oxygen atoms in total. The molecular formula is C16H21FIN3O. The van der Waals surface area contributed by atoms with Crippen LogP contribution in [0.1, 0.15) is 11.3 Å². The third-order valence-electron chi connectivity index (χ3n) is 3.06. The lowest BCUT2D eigenvalue weighted by molar-refractivity contribution is 0.507. The lowest BCUT2D eigenvalue weighted by Crippen LogP contribution is -2.39. The van der Waals surface area contributed by atoms with E-state index in [1.807, 2.05) is 18.2 Å². The number of nitrogens with zero attached hydrogens (tertiary/aromatic N) is 1. The van der Waals surface area contributed by atoms with Gasteiger partial charge in [-0.2, -0.15) is 0 Å². The van der Waals surface area contributed by atoms with E-state index in [0.29, 0.717) is 6.54 Å². The zero-order chi connectivity index (χ0) is 14.9. The van der Waals surface area contributed by atoms with Crippen LogP contribution in [-0.4, -0.2) is 26.1 Å². The van der Waals surface area contributed by atoms with Crippen molar-refractivity contribution in [3.63, 3.8) is 0 Å². The highest BCUT2D eigenvalue weighted by atomic mass is 127. The Kier molecular flexibility index (Phi) is 8.57. The molecule has 0 aliphatic carbocycles. The highest BCUT2D eigenvalue weighted by Crippen LogP contribution is 2.03. The second-order valence-corrected chi connectivity index (χ2v) is 4.64. The van der Waals surface area contributed by atoms with E-state index in [0.717, 1.165) is 36.7 Å². The van der Waals surface area contributed by atoms with Gasteiger partial charge < -0.3 is 15.1 Å². The van der Waals surface area contributed by atoms with Crippen LogP contribution in [-0.2, 0) is 12.8 Å². The Balaban J connectivity index is 0.00000242. The average Bonchev–Trinajstić information content (AvgIpc) is 2.99. The summed E-state index contributed by atoms with van der Waals surface area (Å²) in [4.78, 5) is 4.15. The molecule has 2 aromatic rings. The molecule has 0 aliphatic heterocycles. The first-order valence-corrected chi connectivity index (χ1v) is 6.99. The fourth-order valence-electron chi connectivity index (χ4n) is 2.00. The number of hydrogen-bond acceptors (Lipinski definition) is 2. The Labute approximate surface area is 147 Å². The molecule has 120 valence electrons. The second-order valence-electron chi connectivity index (χ2n) is 4.64. The number of hydrogen-bond donors (Lipinski definition) is 2. The predicted molar refractivity (Wildman–Crippen MR) is 97.3 cm³/mol. The molecule has 0 aliphatic rings. The molecule has 2 N–H and O–H groups in total. The fourth-order valence-corrected chi connectivity index (χ4v) is 2.00. The minimum absolute atomic E-state index is 0. The van der Waals surface area contributed by atoms with Gasteiger partial charge in [-0.3, -0.25) is 4.99 Å². The quantitative estimate of drug-likeness (QED) is 0.432. The van der Waals surface area contributed by atoms with Gasteiger partial charge in [0.2, 0.25) is 0 Å². The van der Waals surface area contributed by atoms with Gasteiger partial charge in [0.25, 0.3) is 0 Å². The summed E-state index contributed by atoms with van der Waals surface area (Å²) >= 11 is 0. The van der Waals surface area contributed by atoms with Gasteiger partial charge >= 0.3 is 0 Å². The average molecular weight is 417 g/mol. The number of halogens is 2. The zero-order valence-corrected chi connectivity index (χ0v) is 14.8. The highest BCUT2D eigenvalue weighted by Gasteiger charge is 2.00. The number of benzene rings is 1. The van der Waals surface area contributed by atoms with Gasteiger partial charge in [-0.25, -0.2) is 4.39 Å². The SMILES string of the molecule is CN=C(NCCc1cccc(F)c1)NCCc1ccco1.I. The van der Waals surface area contributed by atoms with E-state index in [1.165, 1.54) is 6.07 Å². The maximum absolute atomic E-state index is 13.1. The van der Waals surface area contributed by atoms with Gasteiger partial charge in [-0.15, -0.1) is 24.0 Å². The molecule has 22 heavy (non-hydrogen) atoms. The van der Waals surface area contributed by atoms with Crippen LogP contribution in [0.2, 0.25) is 0 Å². The van der Waals surface area contributed by atoms with Gasteiger partial charge in [-0.1, -0.05) is 12.1 Å². The van der Waals surface area contributed by atoms with E-state index < -0.39 is 0 Å². The number of furan rings is 1. The molecule has 0 saturated heterocycles. The van der Waals surface area contributed by atoms with Crippen molar-refractivity contribution in [3.05, 3.63) is 59.8 Å². The molecule has 0 atom stereocenters. The van der Waals surface area contributed by atoms with Gasteiger partial charge in [0.15, 0.2) is 5.96 Å². The molecule has 0 saturated carbocycles. The molecule has 1 heterocycles. The smallest absolute Gasteiger partial charge is 0.191 e. The predicted octanol–water partition coefficient (Wildman–Crippen LogP) is 2.99. The first-order chi connectivity index (χ1) is 10.3. The minimum atomic E-state index is -0.201. The molecule has 0 radical (unpaired) electrons. The van der Waals surface area contributed by atoms with Crippen LogP contribution in [0.25, 0.3) is 0 Å². The molecule has 0 fully saturated rings. The van der Waals surface area contributed by atoms with E-state index in [-0.39, 0.29) is 29.8 Å². The van der Waals surface area contributed by atoms with E-state index in [4.69, 9.17) is 4.42 Å². The normalized spacial score (nSPS) is 10.9. The first-order valence-electron chi connectivity index (χ1n) is 6.99. The first kappa shape index (κ1) is 18.5. The van der Waals surface area contributed by atoms with Crippen LogP contribution >= 0.6 is 24.0 Å². The van der Waals surface area contributed by atoms with Crippen molar-refractivity contribution in [2.75, 3.05) is 20.1 Å². The van der Waals surface area contributed by atoms with Crippen LogP contribution < -0.4 is 10.6 Å². The summed E-state index contributed by atoms with van der Waals surface area (Å²) in [5, 5.41) is 6.41. The maximum Gasteiger partial charge on any atom is 0.191 e. The number of nitrogens with one attached hydrogen (secondary N) is 2. The summed E-state index contributed by atoms with van der Waals surface area (Å²) in [6, 6.07) is 10.5. The molecule has 0 amide bonds. The summed E-state index contributed by atoms with van der Waals surface area (Å²) in [5.41, 5.74) is 0.966. The molecule has 0 spiro atoms. The van der Waals surface area contributed by atoms with Gasteiger partial charge in [0.1, 0.15) is 11.6 Å². The Bertz CT molecular complexity index is 573. The Morgan fingerprint density at radius 1 is 1.14 bits per heavy atom. The monoisotopic (exact) mass is 417 g/mol.